The van der Waals surface area contributed by atoms with E-state index in [2.05, 4.69) is 24.5 Å². The van der Waals surface area contributed by atoms with Gasteiger partial charge in [0.15, 0.2) is 0 Å². The van der Waals surface area contributed by atoms with Crippen LogP contribution >= 0.6 is 0 Å². The first-order valence-corrected chi connectivity index (χ1v) is 8.04. The smallest absolute Gasteiger partial charge is 0.222 e. The minimum Gasteiger partial charge on any atom is -0.388 e. The van der Waals surface area contributed by atoms with E-state index in [0.29, 0.717) is 31.5 Å². The lowest BCUT2D eigenvalue weighted by Crippen LogP contribution is -2.41. The van der Waals surface area contributed by atoms with E-state index in [1.165, 1.54) is 0 Å². The Balaban J connectivity index is 1.44. The van der Waals surface area contributed by atoms with Gasteiger partial charge in [-0.3, -0.25) is 4.79 Å². The summed E-state index contributed by atoms with van der Waals surface area (Å²) < 4.78 is 11.7. The molecule has 3 rings (SSSR count). The summed E-state index contributed by atoms with van der Waals surface area (Å²) in [5.41, 5.74) is 0. The second-order valence-corrected chi connectivity index (χ2v) is 6.77. The highest BCUT2D eigenvalue weighted by molar-refractivity contribution is 5.77. The molecule has 2 heterocycles. The maximum atomic E-state index is 11.8. The van der Waals surface area contributed by atoms with Gasteiger partial charge >= 0.3 is 0 Å². The Morgan fingerprint density at radius 3 is 2.71 bits per heavy atom. The van der Waals surface area contributed by atoms with E-state index >= 15 is 0 Å². The zero-order valence-electron chi connectivity index (χ0n) is 12.7. The van der Waals surface area contributed by atoms with Gasteiger partial charge in [-0.2, -0.15) is 0 Å². The Labute approximate surface area is 125 Å². The maximum absolute atomic E-state index is 11.8. The van der Waals surface area contributed by atoms with Crippen LogP contribution in [0, 0.1) is 0 Å². The van der Waals surface area contributed by atoms with Gasteiger partial charge in [-0.25, -0.2) is 0 Å². The van der Waals surface area contributed by atoms with Crippen LogP contribution < -0.4 is 10.6 Å². The molecule has 0 aromatic carbocycles. The molecular weight excluding hydrogens is 272 g/mol. The minimum atomic E-state index is -0.613. The number of amides is 1. The normalized spacial score (nSPS) is 38.8. The molecule has 1 amide bonds. The molecule has 0 aromatic rings. The number of nitrogens with one attached hydrogen (secondary N) is 2. The second-order valence-electron chi connectivity index (χ2n) is 6.77. The molecule has 6 heteroatoms. The fourth-order valence-corrected chi connectivity index (χ4v) is 3.08. The number of hydrogen-bond donors (Lipinski definition) is 3. The summed E-state index contributed by atoms with van der Waals surface area (Å²) in [6, 6.07) is 0.743. The second kappa shape index (κ2) is 6.20. The van der Waals surface area contributed by atoms with Crippen molar-refractivity contribution < 1.29 is 19.4 Å². The quantitative estimate of drug-likeness (QED) is 0.640. The van der Waals surface area contributed by atoms with Gasteiger partial charge in [0.05, 0.1) is 24.7 Å². The molecule has 3 N–H and O–H groups in total. The largest absolute Gasteiger partial charge is 0.388 e. The average molecular weight is 298 g/mol. The van der Waals surface area contributed by atoms with Crippen LogP contribution in [0.25, 0.3) is 0 Å². The van der Waals surface area contributed by atoms with Crippen LogP contribution in [0.3, 0.4) is 0 Å². The molecule has 3 fully saturated rings. The van der Waals surface area contributed by atoms with Crippen LogP contribution in [0.2, 0.25) is 0 Å². The average Bonchev–Trinajstić information content (AvgIpc) is 3.05. The molecule has 3 aliphatic rings. The van der Waals surface area contributed by atoms with Crippen molar-refractivity contribution in [1.29, 1.82) is 0 Å². The van der Waals surface area contributed by atoms with Gasteiger partial charge in [0, 0.05) is 25.0 Å². The number of carbonyl (C=O) groups is 1. The summed E-state index contributed by atoms with van der Waals surface area (Å²) in [5, 5.41) is 16.5. The van der Waals surface area contributed by atoms with Gasteiger partial charge in [-0.1, -0.05) is 13.8 Å². The van der Waals surface area contributed by atoms with Crippen molar-refractivity contribution >= 4 is 5.91 Å². The highest BCUT2D eigenvalue weighted by Crippen LogP contribution is 2.35. The van der Waals surface area contributed by atoms with Crippen LogP contribution in [-0.2, 0) is 14.3 Å². The van der Waals surface area contributed by atoms with E-state index in [0.717, 1.165) is 12.8 Å². The van der Waals surface area contributed by atoms with Crippen LogP contribution in [0.5, 0.6) is 0 Å². The van der Waals surface area contributed by atoms with Crippen LogP contribution in [0.1, 0.15) is 39.5 Å². The minimum absolute atomic E-state index is 0.0509. The third kappa shape index (κ3) is 3.74. The fraction of sp³-hybridized carbons (Fsp3) is 0.933. The number of carbonyl (C=O) groups excluding carboxylic acids is 1. The molecule has 1 saturated carbocycles. The molecule has 0 unspecified atom stereocenters. The van der Waals surface area contributed by atoms with Crippen molar-refractivity contribution in [2.24, 2.45) is 0 Å². The van der Waals surface area contributed by atoms with Crippen molar-refractivity contribution in [1.82, 2.24) is 10.6 Å². The van der Waals surface area contributed by atoms with E-state index in [-0.39, 0.29) is 30.3 Å². The number of fused-ring (bicyclic) bond motifs is 1. The monoisotopic (exact) mass is 298 g/mol. The van der Waals surface area contributed by atoms with Crippen molar-refractivity contribution in [2.75, 3.05) is 6.54 Å². The highest BCUT2D eigenvalue weighted by atomic mass is 16.6. The van der Waals surface area contributed by atoms with Crippen LogP contribution in [-0.4, -0.2) is 60.2 Å². The summed E-state index contributed by atoms with van der Waals surface area (Å²) in [5.74, 6) is 0.0509. The van der Waals surface area contributed by atoms with E-state index in [1.807, 2.05) is 0 Å². The highest BCUT2D eigenvalue weighted by Gasteiger charge is 2.50. The van der Waals surface area contributed by atoms with Crippen LogP contribution in [0.15, 0.2) is 0 Å². The molecule has 21 heavy (non-hydrogen) atoms. The molecule has 1 aliphatic carbocycles. The van der Waals surface area contributed by atoms with Crippen molar-refractivity contribution in [3.63, 3.8) is 0 Å². The van der Waals surface area contributed by atoms with Gasteiger partial charge < -0.3 is 25.2 Å². The number of hydrogen-bond acceptors (Lipinski definition) is 5. The van der Waals surface area contributed by atoms with E-state index < -0.39 is 6.10 Å². The van der Waals surface area contributed by atoms with Crippen LogP contribution in [0.4, 0.5) is 0 Å². The van der Waals surface area contributed by atoms with Crippen molar-refractivity contribution in [2.45, 2.75) is 82.1 Å². The standard InChI is InChI=1S/C15H26N2O4/c1-8(2)16-7-12-14(19)15-11(21-12)5-10(20-15)6-13(18)17-9-3-4-9/h8-12,14-16,19H,3-7H2,1-2H3,(H,17,18)/t10-,11+,12+,14+,15-/m0/s1. The molecule has 0 aromatic heterocycles. The first-order chi connectivity index (χ1) is 10.0. The maximum Gasteiger partial charge on any atom is 0.222 e. The fourth-order valence-electron chi connectivity index (χ4n) is 3.08. The Morgan fingerprint density at radius 2 is 2.10 bits per heavy atom. The number of ether oxygens (including phenoxy) is 2. The summed E-state index contributed by atoms with van der Waals surface area (Å²) in [7, 11) is 0. The third-order valence-electron chi connectivity index (χ3n) is 4.36. The lowest BCUT2D eigenvalue weighted by molar-refractivity contribution is -0.124. The summed E-state index contributed by atoms with van der Waals surface area (Å²) in [6.07, 6.45) is 1.91. The van der Waals surface area contributed by atoms with Crippen molar-refractivity contribution in [3.8, 4) is 0 Å². The lowest BCUT2D eigenvalue weighted by atomic mass is 10.1. The number of rotatable bonds is 6. The summed E-state index contributed by atoms with van der Waals surface area (Å²) in [4.78, 5) is 11.8. The summed E-state index contributed by atoms with van der Waals surface area (Å²) >= 11 is 0. The van der Waals surface area contributed by atoms with Gasteiger partial charge in [0.2, 0.25) is 5.91 Å². The lowest BCUT2D eigenvalue weighted by Gasteiger charge is -2.21. The number of aliphatic hydroxyl groups excluding tert-OH is 1. The third-order valence-corrected chi connectivity index (χ3v) is 4.36. The molecule has 6 nitrogen and oxygen atoms in total. The predicted molar refractivity (Wildman–Crippen MR) is 76.9 cm³/mol. The Hall–Kier alpha value is -0.690. The molecular formula is C15H26N2O4. The zero-order chi connectivity index (χ0) is 15.0. The molecule has 0 spiro atoms. The first kappa shape index (κ1) is 15.2. The first-order valence-electron chi connectivity index (χ1n) is 8.04. The van der Waals surface area contributed by atoms with E-state index in [9.17, 15) is 9.90 Å². The van der Waals surface area contributed by atoms with Gasteiger partial charge in [0.25, 0.3) is 0 Å². The van der Waals surface area contributed by atoms with Crippen molar-refractivity contribution in [3.05, 3.63) is 0 Å². The Kier molecular flexibility index (Phi) is 4.49. The molecule has 0 radical (unpaired) electrons. The molecule has 2 saturated heterocycles. The van der Waals surface area contributed by atoms with Gasteiger partial charge in [0.1, 0.15) is 12.2 Å². The van der Waals surface area contributed by atoms with E-state index in [1.54, 1.807) is 0 Å². The van der Waals surface area contributed by atoms with E-state index in [4.69, 9.17) is 9.47 Å². The predicted octanol–water partition coefficient (Wildman–Crippen LogP) is -0.0611. The topological polar surface area (TPSA) is 79.8 Å². The SMILES string of the molecule is CC(C)NC[C@H]1O[C@@H]2C[C@@H](CC(=O)NC3CC3)O[C@@H]2[C@@H]1O. The Morgan fingerprint density at radius 1 is 1.33 bits per heavy atom. The number of aliphatic hydroxyl groups is 1. The molecule has 2 aliphatic heterocycles. The van der Waals surface area contributed by atoms with Gasteiger partial charge in [-0.05, 0) is 12.8 Å². The summed E-state index contributed by atoms with van der Waals surface area (Å²) in [6.45, 7) is 4.75. The molecule has 0 bridgehead atoms. The van der Waals surface area contributed by atoms with Gasteiger partial charge in [-0.15, -0.1) is 0 Å². The molecule has 120 valence electrons. The zero-order valence-corrected chi connectivity index (χ0v) is 12.7. The molecule has 5 atom stereocenters. The Bertz CT molecular complexity index is 386.